The number of piperidine rings is 1. The molecule has 148 valence electrons. The van der Waals surface area contributed by atoms with Crippen molar-refractivity contribution in [1.29, 1.82) is 0 Å². The average molecular weight is 374 g/mol. The van der Waals surface area contributed by atoms with E-state index in [1.54, 1.807) is 11.8 Å². The van der Waals surface area contributed by atoms with E-state index in [-0.39, 0.29) is 17.9 Å². The van der Waals surface area contributed by atoms with Crippen molar-refractivity contribution in [2.45, 2.75) is 19.8 Å². The third-order valence-corrected chi connectivity index (χ3v) is 5.40. The highest BCUT2D eigenvalue weighted by Gasteiger charge is 2.28. The highest BCUT2D eigenvalue weighted by molar-refractivity contribution is 5.92. The average Bonchev–Trinajstić information content (AvgIpc) is 2.69. The maximum Gasteiger partial charge on any atom is 0.409 e. The number of rotatable bonds is 4. The smallest absolute Gasteiger partial charge is 0.409 e. The van der Waals surface area contributed by atoms with Crippen molar-refractivity contribution in [3.63, 3.8) is 0 Å². The highest BCUT2D eigenvalue weighted by atomic mass is 16.6. The minimum Gasteiger partial charge on any atom is -0.450 e. The number of amides is 2. The van der Waals surface area contributed by atoms with Crippen LogP contribution in [-0.2, 0) is 9.53 Å². The summed E-state index contributed by atoms with van der Waals surface area (Å²) in [6.45, 7) is 7.52. The van der Waals surface area contributed by atoms with Crippen molar-refractivity contribution in [3.8, 4) is 0 Å². The molecular weight excluding hydrogens is 344 g/mol. The van der Waals surface area contributed by atoms with Crippen molar-refractivity contribution >= 4 is 23.4 Å². The first-order valence-electron chi connectivity index (χ1n) is 9.83. The molecule has 2 saturated heterocycles. The van der Waals surface area contributed by atoms with Crippen molar-refractivity contribution < 1.29 is 14.3 Å². The third kappa shape index (κ3) is 5.13. The summed E-state index contributed by atoms with van der Waals surface area (Å²) in [5.41, 5.74) is 2.02. The summed E-state index contributed by atoms with van der Waals surface area (Å²) >= 11 is 0. The Morgan fingerprint density at radius 1 is 1.04 bits per heavy atom. The zero-order chi connectivity index (χ0) is 19.2. The standard InChI is InChI=1S/C20H30N4O3/c1-3-27-20(26)24-10-8-16(9-11-24)19(25)21-17-4-6-18(7-5-17)23-14-12-22(2)13-15-23/h4-7,16H,3,8-15H2,1-2H3,(H,21,25). The Balaban J connectivity index is 1.48. The van der Waals surface area contributed by atoms with Crippen LogP contribution < -0.4 is 10.2 Å². The van der Waals surface area contributed by atoms with E-state index < -0.39 is 0 Å². The summed E-state index contributed by atoms with van der Waals surface area (Å²) in [6.07, 6.45) is 1.06. The number of carbonyl (C=O) groups excluding carboxylic acids is 2. The molecule has 1 aromatic carbocycles. The second-order valence-electron chi connectivity index (χ2n) is 7.29. The second-order valence-corrected chi connectivity index (χ2v) is 7.29. The van der Waals surface area contributed by atoms with Crippen LogP contribution in [-0.4, -0.2) is 74.7 Å². The molecule has 27 heavy (non-hydrogen) atoms. The van der Waals surface area contributed by atoms with Crippen LogP contribution in [0.25, 0.3) is 0 Å². The first-order valence-corrected chi connectivity index (χ1v) is 9.83. The number of benzene rings is 1. The fourth-order valence-electron chi connectivity index (χ4n) is 3.60. The van der Waals surface area contributed by atoms with Gasteiger partial charge in [-0.05, 0) is 51.1 Å². The minimum atomic E-state index is -0.282. The lowest BCUT2D eigenvalue weighted by Crippen LogP contribution is -2.44. The van der Waals surface area contributed by atoms with Crippen LogP contribution in [0, 0.1) is 5.92 Å². The largest absolute Gasteiger partial charge is 0.450 e. The number of nitrogens with zero attached hydrogens (tertiary/aromatic N) is 3. The van der Waals surface area contributed by atoms with Gasteiger partial charge in [0.25, 0.3) is 0 Å². The summed E-state index contributed by atoms with van der Waals surface area (Å²) in [6, 6.07) is 8.09. The van der Waals surface area contributed by atoms with E-state index >= 15 is 0 Å². The van der Waals surface area contributed by atoms with Gasteiger partial charge in [-0.2, -0.15) is 0 Å². The molecule has 0 radical (unpaired) electrons. The third-order valence-electron chi connectivity index (χ3n) is 5.40. The maximum atomic E-state index is 12.5. The molecule has 2 fully saturated rings. The topological polar surface area (TPSA) is 65.1 Å². The van der Waals surface area contributed by atoms with Crippen LogP contribution in [0.15, 0.2) is 24.3 Å². The van der Waals surface area contributed by atoms with Crippen molar-refractivity contribution in [2.75, 3.05) is 63.1 Å². The molecule has 3 rings (SSSR count). The predicted molar refractivity (Wildman–Crippen MR) is 106 cm³/mol. The fourth-order valence-corrected chi connectivity index (χ4v) is 3.60. The number of nitrogens with one attached hydrogen (secondary N) is 1. The Morgan fingerprint density at radius 3 is 2.26 bits per heavy atom. The van der Waals surface area contributed by atoms with Gasteiger partial charge in [-0.3, -0.25) is 4.79 Å². The number of ether oxygens (including phenoxy) is 1. The van der Waals surface area contributed by atoms with Gasteiger partial charge in [-0.1, -0.05) is 0 Å². The van der Waals surface area contributed by atoms with E-state index in [4.69, 9.17) is 4.74 Å². The molecule has 2 aliphatic heterocycles. The Kier molecular flexibility index (Phi) is 6.55. The molecule has 0 atom stereocenters. The molecule has 0 aromatic heterocycles. The van der Waals surface area contributed by atoms with Gasteiger partial charge >= 0.3 is 6.09 Å². The molecule has 1 N–H and O–H groups in total. The second kappa shape index (κ2) is 9.08. The Labute approximate surface area is 161 Å². The van der Waals surface area contributed by atoms with E-state index in [2.05, 4.69) is 34.3 Å². The van der Waals surface area contributed by atoms with Crippen molar-refractivity contribution in [2.24, 2.45) is 5.92 Å². The molecular formula is C20H30N4O3. The predicted octanol–water partition coefficient (Wildman–Crippen LogP) is 2.25. The Morgan fingerprint density at radius 2 is 1.67 bits per heavy atom. The number of likely N-dealkylation sites (N-methyl/N-ethyl adjacent to an activating group) is 1. The molecule has 2 heterocycles. The number of hydrogen-bond acceptors (Lipinski definition) is 5. The molecule has 2 amide bonds. The van der Waals surface area contributed by atoms with Gasteiger partial charge in [-0.15, -0.1) is 0 Å². The summed E-state index contributed by atoms with van der Waals surface area (Å²) < 4.78 is 5.02. The van der Waals surface area contributed by atoms with Gasteiger partial charge in [0.1, 0.15) is 0 Å². The number of anilines is 2. The molecule has 2 aliphatic rings. The van der Waals surface area contributed by atoms with E-state index in [0.29, 0.717) is 32.5 Å². The zero-order valence-corrected chi connectivity index (χ0v) is 16.3. The fraction of sp³-hybridized carbons (Fsp3) is 0.600. The summed E-state index contributed by atoms with van der Waals surface area (Å²) in [7, 11) is 2.15. The van der Waals surface area contributed by atoms with Gasteiger partial charge in [-0.25, -0.2) is 4.79 Å². The normalized spacial score (nSPS) is 19.0. The van der Waals surface area contributed by atoms with E-state index in [1.165, 1.54) is 5.69 Å². The molecule has 7 nitrogen and oxygen atoms in total. The van der Waals surface area contributed by atoms with Gasteiger partial charge in [0.15, 0.2) is 0 Å². The summed E-state index contributed by atoms with van der Waals surface area (Å²) in [4.78, 5) is 30.7. The van der Waals surface area contributed by atoms with Crippen LogP contribution in [0.2, 0.25) is 0 Å². The molecule has 0 spiro atoms. The Bertz CT molecular complexity index is 633. The maximum absolute atomic E-state index is 12.5. The van der Waals surface area contributed by atoms with Gasteiger partial charge in [0.2, 0.25) is 5.91 Å². The van der Waals surface area contributed by atoms with Crippen LogP contribution in [0.4, 0.5) is 16.2 Å². The highest BCUT2D eigenvalue weighted by Crippen LogP contribution is 2.22. The van der Waals surface area contributed by atoms with Crippen LogP contribution in [0.3, 0.4) is 0 Å². The number of likely N-dealkylation sites (tertiary alicyclic amines) is 1. The van der Waals surface area contributed by atoms with E-state index in [9.17, 15) is 9.59 Å². The molecule has 0 aliphatic carbocycles. The lowest BCUT2D eigenvalue weighted by atomic mass is 9.96. The molecule has 0 saturated carbocycles. The number of carbonyl (C=O) groups is 2. The van der Waals surface area contributed by atoms with E-state index in [1.807, 2.05) is 12.1 Å². The first-order chi connectivity index (χ1) is 13.1. The Hall–Kier alpha value is -2.28. The quantitative estimate of drug-likeness (QED) is 0.876. The van der Waals surface area contributed by atoms with Crippen molar-refractivity contribution in [3.05, 3.63) is 24.3 Å². The summed E-state index contributed by atoms with van der Waals surface area (Å²) in [5.74, 6) is -0.0289. The first kappa shape index (κ1) is 19.5. The van der Waals surface area contributed by atoms with E-state index in [0.717, 1.165) is 31.9 Å². The SMILES string of the molecule is CCOC(=O)N1CCC(C(=O)Nc2ccc(N3CCN(C)CC3)cc2)CC1. The van der Waals surface area contributed by atoms with Crippen molar-refractivity contribution in [1.82, 2.24) is 9.80 Å². The van der Waals surface area contributed by atoms with Gasteiger partial charge in [0, 0.05) is 56.6 Å². The zero-order valence-electron chi connectivity index (χ0n) is 16.3. The molecule has 1 aromatic rings. The lowest BCUT2D eigenvalue weighted by molar-refractivity contribution is -0.121. The monoisotopic (exact) mass is 374 g/mol. The summed E-state index contributed by atoms with van der Waals surface area (Å²) in [5, 5.41) is 3.02. The molecule has 0 unspecified atom stereocenters. The number of piperazine rings is 1. The van der Waals surface area contributed by atoms with Gasteiger partial charge in [0.05, 0.1) is 6.61 Å². The number of hydrogen-bond donors (Lipinski definition) is 1. The molecule has 0 bridgehead atoms. The lowest BCUT2D eigenvalue weighted by Gasteiger charge is -2.34. The van der Waals surface area contributed by atoms with Crippen LogP contribution >= 0.6 is 0 Å². The van der Waals surface area contributed by atoms with Crippen LogP contribution in [0.1, 0.15) is 19.8 Å². The molecule has 7 heteroatoms. The van der Waals surface area contributed by atoms with Gasteiger partial charge < -0.3 is 24.8 Å². The minimum absolute atomic E-state index is 0.0332. The van der Waals surface area contributed by atoms with Crippen LogP contribution in [0.5, 0.6) is 0 Å².